The second-order valence-corrected chi connectivity index (χ2v) is 5.59. The van der Waals surface area contributed by atoms with Gasteiger partial charge in [0, 0.05) is 0 Å². The first kappa shape index (κ1) is 22.9. The first-order chi connectivity index (χ1) is 8.95. The summed E-state index contributed by atoms with van der Waals surface area (Å²) < 4.78 is 0. The Hall–Kier alpha value is -0.400. The van der Waals surface area contributed by atoms with Gasteiger partial charge in [0.25, 0.3) is 0 Å². The summed E-state index contributed by atoms with van der Waals surface area (Å²) in [6.45, 7) is 0. The Morgan fingerprint density at radius 1 is 0.762 bits per heavy atom. The van der Waals surface area contributed by atoms with Crippen molar-refractivity contribution in [1.82, 2.24) is 0 Å². The molecule has 106 valence electrons. The predicted octanol–water partition coefficient (Wildman–Crippen LogP) is -3.61. The first-order valence-electron chi connectivity index (χ1n) is 6.12. The zero-order chi connectivity index (χ0) is 12.5. The Kier molecular flexibility index (Phi) is 15.8. The summed E-state index contributed by atoms with van der Waals surface area (Å²) in [6.07, 6.45) is 10.0. The molecular weight excluding hydrogens is 394 g/mol. The van der Waals surface area contributed by atoms with Gasteiger partial charge in [-0.15, -0.1) is 6.42 Å². The molecule has 0 aromatic heterocycles. The molecular formula is C17H16Cl2SiZr. The standard InChI is InChI=1S/C12H11Si.C5H5.2ClH.Zr/c1-3-7-11(8-4-1)13-12-9-5-2-6-10-12;1-2-4-5-3-1;;;/h1-10,13H;1-3H,4H2;2*1H;/q;-1;;;+3/p-2. The van der Waals surface area contributed by atoms with Gasteiger partial charge in [-0.1, -0.05) is 71.0 Å². The molecule has 0 saturated heterocycles. The minimum Gasteiger partial charge on any atom is -1.00 e. The molecule has 0 amide bonds. The van der Waals surface area contributed by atoms with E-state index in [4.69, 9.17) is 0 Å². The molecule has 0 unspecified atom stereocenters. The van der Waals surface area contributed by atoms with E-state index in [-0.39, 0.29) is 60.5 Å². The first-order valence-corrected chi connectivity index (χ1v) is 7.27. The van der Waals surface area contributed by atoms with E-state index in [1.54, 1.807) is 0 Å². The number of hydrogen-bond acceptors (Lipinski definition) is 0. The molecule has 1 aliphatic carbocycles. The number of hydrogen-bond donors (Lipinski definition) is 0. The van der Waals surface area contributed by atoms with Crippen molar-refractivity contribution in [3.63, 3.8) is 0 Å². The van der Waals surface area contributed by atoms with Crippen LogP contribution in [0.1, 0.15) is 6.42 Å². The average molecular weight is 411 g/mol. The van der Waals surface area contributed by atoms with E-state index >= 15 is 0 Å². The molecule has 0 aliphatic heterocycles. The maximum Gasteiger partial charge on any atom is 3.00 e. The monoisotopic (exact) mass is 408 g/mol. The molecule has 2 aromatic rings. The van der Waals surface area contributed by atoms with Crippen LogP contribution in [0.15, 0.2) is 78.9 Å². The van der Waals surface area contributed by atoms with E-state index in [1.807, 2.05) is 12.2 Å². The molecule has 0 atom stereocenters. The van der Waals surface area contributed by atoms with Crippen LogP contribution in [0.5, 0.6) is 0 Å². The molecule has 0 N–H and O–H groups in total. The smallest absolute Gasteiger partial charge is 1.00 e. The van der Waals surface area contributed by atoms with Crippen LogP contribution in [0, 0.1) is 6.08 Å². The number of allylic oxidation sites excluding steroid dienone is 4. The fraction of sp³-hybridized carbons (Fsp3) is 0.0588. The van der Waals surface area contributed by atoms with Gasteiger partial charge in [0.05, 0.1) is 0 Å². The largest absolute Gasteiger partial charge is 3.00 e. The number of benzene rings is 2. The molecule has 1 aliphatic rings. The van der Waals surface area contributed by atoms with Gasteiger partial charge in [-0.05, 0) is 0 Å². The third-order valence-electron chi connectivity index (χ3n) is 2.52. The minimum atomic E-state index is 0. The molecule has 0 saturated carbocycles. The summed E-state index contributed by atoms with van der Waals surface area (Å²) in [7, 11) is 0.271. The van der Waals surface area contributed by atoms with Crippen LogP contribution in [0.2, 0.25) is 0 Å². The molecule has 0 heterocycles. The normalized spacial score (nSPS) is 10.3. The van der Waals surface area contributed by atoms with Crippen LogP contribution in [0.25, 0.3) is 0 Å². The Labute approximate surface area is 161 Å². The molecule has 0 bridgehead atoms. The Balaban J connectivity index is 0. The maximum atomic E-state index is 2.99. The van der Waals surface area contributed by atoms with Gasteiger partial charge in [0.1, 0.15) is 9.52 Å². The SMILES string of the molecule is [C-]1=CC=CC1.[Cl-].[Cl-].[Zr+3].c1ccc([SiH]c2ccccc2)cc1. The fourth-order valence-electron chi connectivity index (χ4n) is 1.63. The second kappa shape index (κ2) is 14.5. The molecule has 0 fully saturated rings. The van der Waals surface area contributed by atoms with Gasteiger partial charge in [0.15, 0.2) is 0 Å². The minimum absolute atomic E-state index is 0. The van der Waals surface area contributed by atoms with Crippen molar-refractivity contribution in [2.24, 2.45) is 0 Å². The van der Waals surface area contributed by atoms with Crippen molar-refractivity contribution in [3.05, 3.63) is 85.0 Å². The topological polar surface area (TPSA) is 0 Å². The third kappa shape index (κ3) is 10.0. The van der Waals surface area contributed by atoms with E-state index in [2.05, 4.69) is 72.8 Å². The molecule has 21 heavy (non-hydrogen) atoms. The summed E-state index contributed by atoms with van der Waals surface area (Å²) in [5.41, 5.74) is 0. The van der Waals surface area contributed by atoms with Gasteiger partial charge >= 0.3 is 26.2 Å². The second-order valence-electron chi connectivity index (χ2n) is 3.97. The molecule has 0 nitrogen and oxygen atoms in total. The molecule has 2 aromatic carbocycles. The number of rotatable bonds is 2. The Bertz CT molecular complexity index is 465. The summed E-state index contributed by atoms with van der Waals surface area (Å²) in [6, 6.07) is 21.3. The fourth-order valence-corrected chi connectivity index (χ4v) is 2.85. The van der Waals surface area contributed by atoms with E-state index < -0.39 is 0 Å². The molecule has 2 radical (unpaired) electrons. The van der Waals surface area contributed by atoms with Crippen LogP contribution < -0.4 is 35.2 Å². The van der Waals surface area contributed by atoms with Crippen molar-refractivity contribution in [2.45, 2.75) is 6.42 Å². The van der Waals surface area contributed by atoms with E-state index in [1.165, 1.54) is 10.4 Å². The maximum absolute atomic E-state index is 2.99. The zero-order valence-corrected chi connectivity index (χ0v) is 16.7. The van der Waals surface area contributed by atoms with Gasteiger partial charge in [-0.2, -0.15) is 6.08 Å². The molecule has 0 spiro atoms. The van der Waals surface area contributed by atoms with Gasteiger partial charge in [-0.25, -0.2) is 12.2 Å². The van der Waals surface area contributed by atoms with E-state index in [9.17, 15) is 0 Å². The Morgan fingerprint density at radius 3 is 1.52 bits per heavy atom. The van der Waals surface area contributed by atoms with Crippen LogP contribution in [0.3, 0.4) is 0 Å². The molecule has 3 rings (SSSR count). The van der Waals surface area contributed by atoms with Gasteiger partial charge in [0.2, 0.25) is 0 Å². The van der Waals surface area contributed by atoms with E-state index in [0.717, 1.165) is 6.42 Å². The van der Waals surface area contributed by atoms with Crippen LogP contribution in [-0.4, -0.2) is 9.52 Å². The van der Waals surface area contributed by atoms with Crippen molar-refractivity contribution in [3.8, 4) is 0 Å². The van der Waals surface area contributed by atoms with E-state index in [0.29, 0.717) is 0 Å². The number of halogens is 2. The predicted molar refractivity (Wildman–Crippen MR) is 80.9 cm³/mol. The van der Waals surface area contributed by atoms with Crippen LogP contribution in [-0.2, 0) is 26.2 Å². The van der Waals surface area contributed by atoms with Crippen molar-refractivity contribution in [2.75, 3.05) is 0 Å². The van der Waals surface area contributed by atoms with Crippen molar-refractivity contribution in [1.29, 1.82) is 0 Å². The van der Waals surface area contributed by atoms with Gasteiger partial charge in [-0.3, -0.25) is 6.08 Å². The zero-order valence-electron chi connectivity index (χ0n) is 11.5. The van der Waals surface area contributed by atoms with Crippen molar-refractivity contribution >= 4 is 19.9 Å². The summed E-state index contributed by atoms with van der Waals surface area (Å²) in [5.74, 6) is 0. The quantitative estimate of drug-likeness (QED) is 0.355. The third-order valence-corrected chi connectivity index (χ3v) is 3.95. The Morgan fingerprint density at radius 2 is 1.24 bits per heavy atom. The van der Waals surface area contributed by atoms with Crippen LogP contribution in [0.4, 0.5) is 0 Å². The molecule has 4 heteroatoms. The van der Waals surface area contributed by atoms with Gasteiger partial charge < -0.3 is 24.8 Å². The summed E-state index contributed by atoms with van der Waals surface area (Å²) >= 11 is 0. The van der Waals surface area contributed by atoms with Crippen molar-refractivity contribution < 1.29 is 51.0 Å². The van der Waals surface area contributed by atoms with Crippen LogP contribution >= 0.6 is 0 Å². The average Bonchev–Trinajstić information content (AvgIpc) is 3.00. The summed E-state index contributed by atoms with van der Waals surface area (Å²) in [4.78, 5) is 0. The summed E-state index contributed by atoms with van der Waals surface area (Å²) in [5, 5.41) is 2.90.